The van der Waals surface area contributed by atoms with Gasteiger partial charge >= 0.3 is 6.18 Å². The number of imidazole rings is 1. The fraction of sp³-hybridized carbons (Fsp3) is 0.235. The van der Waals surface area contributed by atoms with Crippen LogP contribution in [0.4, 0.5) is 23.2 Å². The number of aromatic nitrogens is 3. The van der Waals surface area contributed by atoms with Crippen molar-refractivity contribution in [1.82, 2.24) is 14.4 Å². The number of pyridine rings is 2. The fourth-order valence-electron chi connectivity index (χ4n) is 2.41. The maximum Gasteiger partial charge on any atom is 0.433 e. The van der Waals surface area contributed by atoms with E-state index in [-0.39, 0.29) is 23.7 Å². The minimum absolute atomic E-state index is 0.191. The monoisotopic (exact) mass is 382 g/mol. The van der Waals surface area contributed by atoms with E-state index in [1.54, 1.807) is 6.92 Å². The highest BCUT2D eigenvalue weighted by Gasteiger charge is 2.33. The molecular formula is C17H14F4N4O2. The third kappa shape index (κ3) is 3.99. The minimum atomic E-state index is -4.66. The maximum absolute atomic E-state index is 12.8. The van der Waals surface area contributed by atoms with Gasteiger partial charge in [0.15, 0.2) is 0 Å². The van der Waals surface area contributed by atoms with Gasteiger partial charge in [-0.05, 0) is 19.1 Å². The highest BCUT2D eigenvalue weighted by atomic mass is 19.4. The summed E-state index contributed by atoms with van der Waals surface area (Å²) in [5, 5.41) is 2.47. The van der Waals surface area contributed by atoms with Crippen LogP contribution in [-0.4, -0.2) is 26.9 Å². The molecule has 6 nitrogen and oxygen atoms in total. The zero-order valence-corrected chi connectivity index (χ0v) is 14.0. The number of ether oxygens (including phenoxy) is 1. The van der Waals surface area contributed by atoms with E-state index in [4.69, 9.17) is 4.74 Å². The molecule has 0 aliphatic rings. The molecule has 27 heavy (non-hydrogen) atoms. The number of fused-ring (bicyclic) bond motifs is 1. The van der Waals surface area contributed by atoms with Crippen LogP contribution in [0.1, 0.15) is 28.8 Å². The minimum Gasteiger partial charge on any atom is -0.491 e. The highest BCUT2D eigenvalue weighted by Crippen LogP contribution is 2.29. The van der Waals surface area contributed by atoms with Crippen molar-refractivity contribution in [3.05, 3.63) is 53.7 Å². The number of carbonyl (C=O) groups is 1. The number of halogens is 4. The number of alkyl halides is 4. The van der Waals surface area contributed by atoms with E-state index in [0.29, 0.717) is 5.65 Å². The zero-order valence-electron chi connectivity index (χ0n) is 14.0. The molecule has 0 spiro atoms. The molecular weight excluding hydrogens is 368 g/mol. The number of amides is 1. The molecule has 3 heterocycles. The molecule has 1 N–H and O–H groups in total. The maximum atomic E-state index is 12.8. The third-order valence-electron chi connectivity index (χ3n) is 3.56. The summed E-state index contributed by atoms with van der Waals surface area (Å²) in [6, 6.07) is 4.54. The Bertz CT molecular complexity index is 985. The number of nitrogens with zero attached hydrogens (tertiary/aromatic N) is 3. The molecule has 0 fully saturated rings. The fourth-order valence-corrected chi connectivity index (χ4v) is 2.41. The van der Waals surface area contributed by atoms with Gasteiger partial charge in [0.2, 0.25) is 0 Å². The average molecular weight is 382 g/mol. The summed E-state index contributed by atoms with van der Waals surface area (Å²) in [6.07, 6.45) is -1.79. The molecule has 0 aromatic carbocycles. The molecule has 3 aromatic rings. The van der Waals surface area contributed by atoms with Crippen LogP contribution in [0.25, 0.3) is 5.65 Å². The Labute approximate surface area is 150 Å². The SMILES string of the molecule is CCOc1cc2nc(CF)cn2cc1NC(=O)c1cccc(C(F)(F)F)n1. The molecule has 3 aromatic heterocycles. The van der Waals surface area contributed by atoms with Crippen molar-refractivity contribution < 1.29 is 27.1 Å². The van der Waals surface area contributed by atoms with Crippen molar-refractivity contribution in [2.45, 2.75) is 19.8 Å². The Morgan fingerprint density at radius 2 is 2.04 bits per heavy atom. The topological polar surface area (TPSA) is 68.5 Å². The van der Waals surface area contributed by atoms with Crippen LogP contribution >= 0.6 is 0 Å². The van der Waals surface area contributed by atoms with Gasteiger partial charge in [0.1, 0.15) is 35.1 Å². The lowest BCUT2D eigenvalue weighted by atomic mass is 10.2. The van der Waals surface area contributed by atoms with Gasteiger partial charge < -0.3 is 14.5 Å². The predicted molar refractivity (Wildman–Crippen MR) is 88.4 cm³/mol. The van der Waals surface area contributed by atoms with Crippen molar-refractivity contribution in [1.29, 1.82) is 0 Å². The van der Waals surface area contributed by atoms with Gasteiger partial charge in [-0.15, -0.1) is 0 Å². The van der Waals surface area contributed by atoms with Crippen LogP contribution in [0, 0.1) is 0 Å². The first kappa shape index (κ1) is 18.6. The second kappa shape index (κ2) is 7.22. The van der Waals surface area contributed by atoms with E-state index in [1.807, 2.05) is 0 Å². The van der Waals surface area contributed by atoms with Gasteiger partial charge in [-0.1, -0.05) is 6.07 Å². The highest BCUT2D eigenvalue weighted by molar-refractivity contribution is 6.03. The van der Waals surface area contributed by atoms with Crippen LogP contribution in [0.5, 0.6) is 5.75 Å². The average Bonchev–Trinajstić information content (AvgIpc) is 3.03. The van der Waals surface area contributed by atoms with E-state index in [9.17, 15) is 22.4 Å². The number of hydrogen-bond donors (Lipinski definition) is 1. The molecule has 0 unspecified atom stereocenters. The molecule has 0 saturated heterocycles. The standard InChI is InChI=1S/C17H14F4N4O2/c1-2-27-13-6-15-22-10(7-18)8-25(15)9-12(13)24-16(26)11-4-3-5-14(23-11)17(19,20)21/h3-6,8-9H,2,7H2,1H3,(H,24,26). The van der Waals surface area contributed by atoms with Crippen LogP contribution in [0.15, 0.2) is 36.7 Å². The molecule has 142 valence electrons. The van der Waals surface area contributed by atoms with Crippen LogP contribution in [-0.2, 0) is 12.9 Å². The number of rotatable bonds is 5. The second-order valence-electron chi connectivity index (χ2n) is 5.48. The van der Waals surface area contributed by atoms with E-state index in [0.717, 1.165) is 12.1 Å². The van der Waals surface area contributed by atoms with Gasteiger partial charge in [-0.2, -0.15) is 13.2 Å². The smallest absolute Gasteiger partial charge is 0.433 e. The molecule has 1 amide bonds. The lowest BCUT2D eigenvalue weighted by Gasteiger charge is -2.12. The second-order valence-corrected chi connectivity index (χ2v) is 5.48. The van der Waals surface area contributed by atoms with Gasteiger partial charge in [0, 0.05) is 18.5 Å². The normalized spacial score (nSPS) is 11.6. The molecule has 0 atom stereocenters. The molecule has 0 radical (unpaired) electrons. The summed E-state index contributed by atoms with van der Waals surface area (Å²) >= 11 is 0. The van der Waals surface area contributed by atoms with Crippen molar-refractivity contribution in [2.75, 3.05) is 11.9 Å². The number of nitrogens with one attached hydrogen (secondary N) is 1. The first-order valence-corrected chi connectivity index (χ1v) is 7.87. The number of carbonyl (C=O) groups excluding carboxylic acids is 1. The largest absolute Gasteiger partial charge is 0.491 e. The van der Waals surface area contributed by atoms with Gasteiger partial charge in [0.05, 0.1) is 12.3 Å². The summed E-state index contributed by atoms with van der Waals surface area (Å²) < 4.78 is 58.1. The first-order chi connectivity index (χ1) is 12.8. The summed E-state index contributed by atoms with van der Waals surface area (Å²) in [6.45, 7) is 1.24. The van der Waals surface area contributed by atoms with Gasteiger partial charge in [-0.3, -0.25) is 4.79 Å². The molecule has 0 saturated carbocycles. The van der Waals surface area contributed by atoms with Crippen molar-refractivity contribution in [3.8, 4) is 5.75 Å². The van der Waals surface area contributed by atoms with Crippen molar-refractivity contribution >= 4 is 17.2 Å². The molecule has 0 aliphatic heterocycles. The molecule has 0 aliphatic carbocycles. The predicted octanol–water partition coefficient (Wildman–Crippen LogP) is 3.87. The van der Waals surface area contributed by atoms with Crippen molar-refractivity contribution in [2.24, 2.45) is 0 Å². The Morgan fingerprint density at radius 3 is 2.70 bits per heavy atom. The van der Waals surface area contributed by atoms with Crippen LogP contribution < -0.4 is 10.1 Å². The van der Waals surface area contributed by atoms with Crippen molar-refractivity contribution in [3.63, 3.8) is 0 Å². The Morgan fingerprint density at radius 1 is 1.26 bits per heavy atom. The van der Waals surface area contributed by atoms with Crippen LogP contribution in [0.3, 0.4) is 0 Å². The lowest BCUT2D eigenvalue weighted by Crippen LogP contribution is -2.17. The number of anilines is 1. The first-order valence-electron chi connectivity index (χ1n) is 7.87. The molecule has 3 rings (SSSR count). The Hall–Kier alpha value is -3.17. The number of hydrogen-bond acceptors (Lipinski definition) is 4. The van der Waals surface area contributed by atoms with E-state index in [1.165, 1.54) is 28.9 Å². The summed E-state index contributed by atoms with van der Waals surface area (Å²) in [4.78, 5) is 19.8. The zero-order chi connectivity index (χ0) is 19.6. The van der Waals surface area contributed by atoms with Crippen LogP contribution in [0.2, 0.25) is 0 Å². The molecule has 0 bridgehead atoms. The van der Waals surface area contributed by atoms with E-state index < -0.39 is 30.1 Å². The third-order valence-corrected chi connectivity index (χ3v) is 3.56. The Balaban J connectivity index is 1.95. The summed E-state index contributed by atoms with van der Waals surface area (Å²) in [7, 11) is 0. The van der Waals surface area contributed by atoms with E-state index >= 15 is 0 Å². The quantitative estimate of drug-likeness (QED) is 0.681. The summed E-state index contributed by atoms with van der Waals surface area (Å²) in [5.74, 6) is -0.589. The van der Waals surface area contributed by atoms with E-state index in [2.05, 4.69) is 15.3 Å². The van der Waals surface area contributed by atoms with Gasteiger partial charge in [-0.25, -0.2) is 14.4 Å². The lowest BCUT2D eigenvalue weighted by molar-refractivity contribution is -0.141. The Kier molecular flexibility index (Phi) is 4.98. The van der Waals surface area contributed by atoms with Gasteiger partial charge in [0.25, 0.3) is 5.91 Å². The summed E-state index contributed by atoms with van der Waals surface area (Å²) in [5.41, 5.74) is -0.779. The molecule has 10 heteroatoms.